The molecule has 0 N–H and O–H groups in total. The molecule has 118 valence electrons. The fourth-order valence-electron chi connectivity index (χ4n) is 2.49. The third-order valence-electron chi connectivity index (χ3n) is 3.65. The second-order valence-corrected chi connectivity index (χ2v) is 5.07. The van der Waals surface area contributed by atoms with Crippen molar-refractivity contribution in [2.45, 2.75) is 39.4 Å². The Morgan fingerprint density at radius 2 is 2.27 bits per heavy atom. The molecular formula is C13H15F2N5O2. The van der Waals surface area contributed by atoms with Crippen LogP contribution in [0.1, 0.15) is 36.3 Å². The lowest BCUT2D eigenvalue weighted by atomic mass is 10.1. The summed E-state index contributed by atoms with van der Waals surface area (Å²) >= 11 is 0. The van der Waals surface area contributed by atoms with Crippen molar-refractivity contribution in [1.29, 1.82) is 0 Å². The van der Waals surface area contributed by atoms with Crippen molar-refractivity contribution in [3.05, 3.63) is 39.7 Å². The van der Waals surface area contributed by atoms with Crippen molar-refractivity contribution >= 4 is 0 Å². The molecule has 0 radical (unpaired) electrons. The summed E-state index contributed by atoms with van der Waals surface area (Å²) in [6.45, 7) is 3.81. The summed E-state index contributed by atoms with van der Waals surface area (Å²) in [6.07, 6.45) is -0.641. The zero-order valence-corrected chi connectivity index (χ0v) is 12.0. The van der Waals surface area contributed by atoms with Crippen molar-refractivity contribution in [3.8, 4) is 0 Å². The van der Waals surface area contributed by atoms with Gasteiger partial charge in [-0.1, -0.05) is 5.16 Å². The van der Waals surface area contributed by atoms with Crippen LogP contribution in [0.25, 0.3) is 0 Å². The van der Waals surface area contributed by atoms with Gasteiger partial charge < -0.3 is 4.52 Å². The number of rotatable bonds is 4. The van der Waals surface area contributed by atoms with Gasteiger partial charge in [0.1, 0.15) is 0 Å². The van der Waals surface area contributed by atoms with Gasteiger partial charge in [0.25, 0.3) is 5.56 Å². The van der Waals surface area contributed by atoms with Crippen molar-refractivity contribution in [2.75, 3.05) is 6.54 Å². The van der Waals surface area contributed by atoms with Crippen LogP contribution in [0.5, 0.6) is 0 Å². The predicted molar refractivity (Wildman–Crippen MR) is 71.2 cm³/mol. The molecule has 22 heavy (non-hydrogen) atoms. The third-order valence-corrected chi connectivity index (χ3v) is 3.65. The molecule has 0 spiro atoms. The first-order valence-electron chi connectivity index (χ1n) is 6.98. The molecule has 0 aliphatic carbocycles. The van der Waals surface area contributed by atoms with Crippen molar-refractivity contribution < 1.29 is 13.3 Å². The number of halogens is 2. The van der Waals surface area contributed by atoms with E-state index < -0.39 is 12.2 Å². The van der Waals surface area contributed by atoms with Crippen LogP contribution in [0, 0.1) is 0 Å². The lowest BCUT2D eigenvalue weighted by Gasteiger charge is -2.26. The number of alkyl halides is 2. The second kappa shape index (κ2) is 5.91. The summed E-state index contributed by atoms with van der Waals surface area (Å²) < 4.78 is 31.2. The van der Waals surface area contributed by atoms with E-state index in [-0.39, 0.29) is 18.0 Å². The first-order chi connectivity index (χ1) is 10.6. The molecule has 9 heteroatoms. The van der Waals surface area contributed by atoms with Crippen LogP contribution in [0.15, 0.2) is 15.6 Å². The van der Waals surface area contributed by atoms with E-state index in [1.54, 1.807) is 4.57 Å². The summed E-state index contributed by atoms with van der Waals surface area (Å²) in [7, 11) is 0. The van der Waals surface area contributed by atoms with Crippen LogP contribution in [-0.2, 0) is 26.1 Å². The van der Waals surface area contributed by atoms with Crippen molar-refractivity contribution in [2.24, 2.45) is 0 Å². The van der Waals surface area contributed by atoms with Crippen LogP contribution in [0.4, 0.5) is 8.78 Å². The van der Waals surface area contributed by atoms with Crippen molar-refractivity contribution in [3.63, 3.8) is 0 Å². The highest BCUT2D eigenvalue weighted by atomic mass is 19.3. The van der Waals surface area contributed by atoms with Crippen LogP contribution in [0.3, 0.4) is 0 Å². The van der Waals surface area contributed by atoms with E-state index in [4.69, 9.17) is 4.52 Å². The quantitative estimate of drug-likeness (QED) is 0.843. The molecular weight excluding hydrogens is 296 g/mol. The molecule has 7 nitrogen and oxygen atoms in total. The summed E-state index contributed by atoms with van der Waals surface area (Å²) in [6, 6.07) is 0. The molecule has 0 bridgehead atoms. The number of hydrogen-bond acceptors (Lipinski definition) is 6. The maximum absolute atomic E-state index is 12.4. The minimum atomic E-state index is -2.74. The second-order valence-electron chi connectivity index (χ2n) is 5.07. The van der Waals surface area contributed by atoms with Gasteiger partial charge in [0.05, 0.1) is 18.6 Å². The minimum absolute atomic E-state index is 0.00933. The van der Waals surface area contributed by atoms with Crippen LogP contribution in [0.2, 0.25) is 0 Å². The molecule has 2 aromatic rings. The number of nitrogens with zero attached hydrogens (tertiary/aromatic N) is 5. The highest BCUT2D eigenvalue weighted by molar-refractivity contribution is 5.20. The van der Waals surface area contributed by atoms with Gasteiger partial charge in [0, 0.05) is 25.2 Å². The standard InChI is InChI=1S/C13H15F2N5O2/c1-2-20-7-16-9-5-19(4-3-8(9)13(20)21)6-10-17-12(11(14)15)18-22-10/h7,11H,2-6H2,1H3. The maximum atomic E-state index is 12.4. The van der Waals surface area contributed by atoms with E-state index in [1.165, 1.54) is 6.33 Å². The topological polar surface area (TPSA) is 77.1 Å². The van der Waals surface area contributed by atoms with E-state index in [2.05, 4.69) is 15.1 Å². The molecule has 0 unspecified atom stereocenters. The molecule has 3 rings (SSSR count). The van der Waals surface area contributed by atoms with Gasteiger partial charge >= 0.3 is 6.43 Å². The number of hydrogen-bond donors (Lipinski definition) is 0. The molecule has 0 amide bonds. The average Bonchev–Trinajstić information content (AvgIpc) is 2.96. The Bertz CT molecular complexity index is 727. The first-order valence-corrected chi connectivity index (χ1v) is 6.98. The Kier molecular flexibility index (Phi) is 3.97. The number of fused-ring (bicyclic) bond motifs is 1. The summed E-state index contributed by atoms with van der Waals surface area (Å²) in [5.74, 6) is -0.461. The monoisotopic (exact) mass is 311 g/mol. The average molecular weight is 311 g/mol. The maximum Gasteiger partial charge on any atom is 0.300 e. The lowest BCUT2D eigenvalue weighted by molar-refractivity contribution is 0.136. The Balaban J connectivity index is 1.74. The number of aromatic nitrogens is 4. The van der Waals surface area contributed by atoms with Crippen LogP contribution in [-0.4, -0.2) is 31.1 Å². The number of aryl methyl sites for hydroxylation is 1. The van der Waals surface area contributed by atoms with E-state index in [0.717, 1.165) is 11.3 Å². The summed E-state index contributed by atoms with van der Waals surface area (Å²) in [5, 5.41) is 3.23. The third kappa shape index (κ3) is 2.76. The van der Waals surface area contributed by atoms with Gasteiger partial charge in [-0.25, -0.2) is 13.8 Å². The predicted octanol–water partition coefficient (Wildman–Crippen LogP) is 1.14. The fourth-order valence-corrected chi connectivity index (χ4v) is 2.49. The highest BCUT2D eigenvalue weighted by Crippen LogP contribution is 2.18. The van der Waals surface area contributed by atoms with Gasteiger partial charge in [0.15, 0.2) is 0 Å². The first kappa shape index (κ1) is 14.8. The largest absolute Gasteiger partial charge is 0.338 e. The van der Waals surface area contributed by atoms with E-state index in [0.29, 0.717) is 26.1 Å². The van der Waals surface area contributed by atoms with Crippen LogP contribution >= 0.6 is 0 Å². The molecule has 3 heterocycles. The molecule has 2 aromatic heterocycles. The van der Waals surface area contributed by atoms with Gasteiger partial charge in [-0.3, -0.25) is 14.3 Å². The van der Waals surface area contributed by atoms with Gasteiger partial charge in [0.2, 0.25) is 11.7 Å². The molecule has 1 aliphatic heterocycles. The molecule has 0 saturated carbocycles. The Hall–Kier alpha value is -2.16. The molecule has 1 aliphatic rings. The Morgan fingerprint density at radius 3 is 2.95 bits per heavy atom. The van der Waals surface area contributed by atoms with Crippen LogP contribution < -0.4 is 5.56 Å². The van der Waals surface area contributed by atoms with Crippen molar-refractivity contribution in [1.82, 2.24) is 24.6 Å². The normalized spacial score (nSPS) is 15.3. The Labute approximate surface area is 124 Å². The summed E-state index contributed by atoms with van der Waals surface area (Å²) in [5.41, 5.74) is 1.43. The van der Waals surface area contributed by atoms with Gasteiger partial charge in [-0.2, -0.15) is 4.98 Å². The molecule has 0 fully saturated rings. The SMILES string of the molecule is CCn1cnc2c(c1=O)CCN(Cc1nc(C(F)F)no1)C2. The molecule has 0 atom stereocenters. The zero-order valence-electron chi connectivity index (χ0n) is 12.0. The van der Waals surface area contributed by atoms with Gasteiger partial charge in [-0.15, -0.1) is 0 Å². The molecule has 0 aromatic carbocycles. The summed E-state index contributed by atoms with van der Waals surface area (Å²) in [4.78, 5) is 22.1. The smallest absolute Gasteiger partial charge is 0.300 e. The Morgan fingerprint density at radius 1 is 1.45 bits per heavy atom. The van der Waals surface area contributed by atoms with E-state index in [9.17, 15) is 13.6 Å². The van der Waals surface area contributed by atoms with Gasteiger partial charge in [-0.05, 0) is 13.3 Å². The van der Waals surface area contributed by atoms with E-state index >= 15 is 0 Å². The highest BCUT2D eigenvalue weighted by Gasteiger charge is 2.23. The zero-order chi connectivity index (χ0) is 15.7. The lowest BCUT2D eigenvalue weighted by Crippen LogP contribution is -2.36. The van der Waals surface area contributed by atoms with E-state index in [1.807, 2.05) is 11.8 Å². The molecule has 0 saturated heterocycles. The minimum Gasteiger partial charge on any atom is -0.338 e. The fraction of sp³-hybridized carbons (Fsp3) is 0.538.